The molecule has 0 aliphatic rings. The Hall–Kier alpha value is -1.16. The fraction of sp³-hybridized carbons (Fsp3) is 0.444. The van der Waals surface area contributed by atoms with Crippen LogP contribution < -0.4 is 0 Å². The summed E-state index contributed by atoms with van der Waals surface area (Å²) in [6, 6.07) is 1.84. The minimum absolute atomic E-state index is 0.0654. The summed E-state index contributed by atoms with van der Waals surface area (Å²) in [7, 11) is 0. The van der Waals surface area contributed by atoms with Gasteiger partial charge in [0, 0.05) is 11.5 Å². The summed E-state index contributed by atoms with van der Waals surface area (Å²) in [4.78, 5) is 0. The maximum absolute atomic E-state index is 5.81. The van der Waals surface area contributed by atoms with Crippen molar-refractivity contribution in [3.05, 3.63) is 17.0 Å². The van der Waals surface area contributed by atoms with Crippen molar-refractivity contribution >= 4 is 22.7 Å². The molecule has 0 aromatic carbocycles. The third-order valence-corrected chi connectivity index (χ3v) is 2.17. The van der Waals surface area contributed by atoms with Gasteiger partial charge in [-0.1, -0.05) is 32.4 Å². The predicted octanol–water partition coefficient (Wildman–Crippen LogP) is 2.57. The van der Waals surface area contributed by atoms with Crippen LogP contribution in [-0.4, -0.2) is 15.4 Å². The smallest absolute Gasteiger partial charge is 0.198 e. The number of furan rings is 1. The van der Waals surface area contributed by atoms with Crippen LogP contribution in [0.2, 0.25) is 5.15 Å². The number of halogens is 1. The zero-order valence-electron chi connectivity index (χ0n) is 8.21. The van der Waals surface area contributed by atoms with Gasteiger partial charge in [0.15, 0.2) is 10.7 Å². The average Bonchev–Trinajstić information content (AvgIpc) is 2.48. The van der Waals surface area contributed by atoms with Gasteiger partial charge >= 0.3 is 0 Å². The number of fused-ring (bicyclic) bond motifs is 1. The van der Waals surface area contributed by atoms with Crippen molar-refractivity contribution in [3.8, 4) is 0 Å². The van der Waals surface area contributed by atoms with Crippen LogP contribution in [0.5, 0.6) is 0 Å². The summed E-state index contributed by atoms with van der Waals surface area (Å²) in [5.74, 6) is 0.830. The fourth-order valence-corrected chi connectivity index (χ4v) is 1.30. The maximum Gasteiger partial charge on any atom is 0.198 e. The second-order valence-electron chi connectivity index (χ2n) is 4.16. The highest BCUT2D eigenvalue weighted by atomic mass is 35.5. The number of hydrogen-bond acceptors (Lipinski definition) is 4. The molecule has 74 valence electrons. The molecule has 0 amide bonds. The SMILES string of the molecule is CC(C)(C)c1cc2nnnc(Cl)c2o1. The molecule has 0 spiro atoms. The normalized spacial score (nSPS) is 12.3. The van der Waals surface area contributed by atoms with Crippen LogP contribution in [0, 0.1) is 0 Å². The van der Waals surface area contributed by atoms with Gasteiger partial charge in [-0.25, -0.2) is 0 Å². The Labute approximate surface area is 86.3 Å². The van der Waals surface area contributed by atoms with Gasteiger partial charge in [-0.05, 0) is 5.21 Å². The third kappa shape index (κ3) is 1.46. The van der Waals surface area contributed by atoms with Crippen LogP contribution in [0.25, 0.3) is 11.1 Å². The second kappa shape index (κ2) is 2.92. The lowest BCUT2D eigenvalue weighted by molar-refractivity contribution is 0.429. The molecular weight excluding hydrogens is 202 g/mol. The summed E-state index contributed by atoms with van der Waals surface area (Å²) in [5, 5.41) is 11.2. The topological polar surface area (TPSA) is 51.8 Å². The average molecular weight is 212 g/mol. The van der Waals surface area contributed by atoms with E-state index in [1.807, 2.05) is 6.07 Å². The molecular formula is C9H10ClN3O. The molecule has 0 saturated carbocycles. The molecule has 2 aromatic heterocycles. The van der Waals surface area contributed by atoms with Crippen LogP contribution >= 0.6 is 11.6 Å². The first-order valence-electron chi connectivity index (χ1n) is 4.27. The summed E-state index contributed by atoms with van der Waals surface area (Å²) in [6.45, 7) is 6.17. The molecule has 0 fully saturated rings. The Balaban J connectivity index is 2.69. The molecule has 0 radical (unpaired) electrons. The van der Waals surface area contributed by atoms with Gasteiger partial charge in [0.05, 0.1) is 0 Å². The van der Waals surface area contributed by atoms with Gasteiger partial charge in [0.1, 0.15) is 11.3 Å². The van der Waals surface area contributed by atoms with E-state index in [1.54, 1.807) is 0 Å². The Bertz CT molecular complexity index is 472. The zero-order chi connectivity index (χ0) is 10.3. The van der Waals surface area contributed by atoms with Gasteiger partial charge in [0.25, 0.3) is 0 Å². The monoisotopic (exact) mass is 211 g/mol. The lowest BCUT2D eigenvalue weighted by atomic mass is 9.94. The maximum atomic E-state index is 5.81. The van der Waals surface area contributed by atoms with E-state index >= 15 is 0 Å². The third-order valence-electron chi connectivity index (χ3n) is 1.92. The molecule has 0 saturated heterocycles. The van der Waals surface area contributed by atoms with Crippen molar-refractivity contribution in [2.24, 2.45) is 0 Å². The van der Waals surface area contributed by atoms with Crippen molar-refractivity contribution in [2.45, 2.75) is 26.2 Å². The van der Waals surface area contributed by atoms with Crippen LogP contribution in [0.3, 0.4) is 0 Å². The number of aromatic nitrogens is 3. The summed E-state index contributed by atoms with van der Waals surface area (Å²) < 4.78 is 5.57. The van der Waals surface area contributed by atoms with E-state index in [0.29, 0.717) is 11.1 Å². The molecule has 0 aliphatic heterocycles. The van der Waals surface area contributed by atoms with E-state index in [4.69, 9.17) is 16.0 Å². The Morgan fingerprint density at radius 3 is 2.57 bits per heavy atom. The first-order valence-corrected chi connectivity index (χ1v) is 4.65. The van der Waals surface area contributed by atoms with Crippen LogP contribution in [0.1, 0.15) is 26.5 Å². The second-order valence-corrected chi connectivity index (χ2v) is 4.51. The largest absolute Gasteiger partial charge is 0.455 e. The molecule has 2 rings (SSSR count). The Morgan fingerprint density at radius 1 is 1.29 bits per heavy atom. The van der Waals surface area contributed by atoms with Crippen molar-refractivity contribution in [1.29, 1.82) is 0 Å². The minimum atomic E-state index is -0.0654. The lowest BCUT2D eigenvalue weighted by Crippen LogP contribution is -2.08. The standard InChI is InChI=1S/C9H10ClN3O/c1-9(2,3)6-4-5-7(14-6)8(10)12-13-11-5/h4H,1-3H3. The molecule has 0 bridgehead atoms. The first-order chi connectivity index (χ1) is 6.48. The van der Waals surface area contributed by atoms with Gasteiger partial charge < -0.3 is 4.42 Å². The molecule has 4 nitrogen and oxygen atoms in total. The summed E-state index contributed by atoms with van der Waals surface area (Å²) in [5.41, 5.74) is 1.09. The van der Waals surface area contributed by atoms with Crippen LogP contribution in [-0.2, 0) is 5.41 Å². The Kier molecular flexibility index (Phi) is 1.96. The zero-order valence-corrected chi connectivity index (χ0v) is 8.96. The fourth-order valence-electron chi connectivity index (χ4n) is 1.13. The van der Waals surface area contributed by atoms with E-state index in [1.165, 1.54) is 0 Å². The molecule has 2 heterocycles. The highest BCUT2D eigenvalue weighted by Gasteiger charge is 2.20. The first kappa shape index (κ1) is 9.40. The van der Waals surface area contributed by atoms with Crippen LogP contribution in [0.4, 0.5) is 0 Å². The van der Waals surface area contributed by atoms with Crippen molar-refractivity contribution in [1.82, 2.24) is 15.4 Å². The molecule has 2 aromatic rings. The van der Waals surface area contributed by atoms with E-state index < -0.39 is 0 Å². The number of hydrogen-bond donors (Lipinski definition) is 0. The molecule has 0 N–H and O–H groups in total. The highest BCUT2D eigenvalue weighted by Crippen LogP contribution is 2.29. The highest BCUT2D eigenvalue weighted by molar-refractivity contribution is 6.33. The molecule has 14 heavy (non-hydrogen) atoms. The minimum Gasteiger partial charge on any atom is -0.455 e. The van der Waals surface area contributed by atoms with Gasteiger partial charge in [0.2, 0.25) is 0 Å². The molecule has 0 aliphatic carbocycles. The van der Waals surface area contributed by atoms with Crippen LogP contribution in [0.15, 0.2) is 10.5 Å². The van der Waals surface area contributed by atoms with Gasteiger partial charge in [-0.3, -0.25) is 0 Å². The van der Waals surface area contributed by atoms with E-state index in [0.717, 1.165) is 5.76 Å². The van der Waals surface area contributed by atoms with Gasteiger partial charge in [-0.2, -0.15) is 0 Å². The number of rotatable bonds is 0. The summed E-state index contributed by atoms with van der Waals surface area (Å²) >= 11 is 5.81. The van der Waals surface area contributed by atoms with Crippen molar-refractivity contribution in [3.63, 3.8) is 0 Å². The number of nitrogens with zero attached hydrogens (tertiary/aromatic N) is 3. The Morgan fingerprint density at radius 2 is 2.00 bits per heavy atom. The van der Waals surface area contributed by atoms with E-state index in [9.17, 15) is 0 Å². The predicted molar refractivity (Wildman–Crippen MR) is 53.3 cm³/mol. The van der Waals surface area contributed by atoms with E-state index in [-0.39, 0.29) is 10.6 Å². The summed E-state index contributed by atoms with van der Waals surface area (Å²) in [6.07, 6.45) is 0. The van der Waals surface area contributed by atoms with Crippen molar-refractivity contribution in [2.75, 3.05) is 0 Å². The van der Waals surface area contributed by atoms with Gasteiger partial charge in [-0.15, -0.1) is 10.2 Å². The molecule has 0 unspecified atom stereocenters. The van der Waals surface area contributed by atoms with Crippen molar-refractivity contribution < 1.29 is 4.42 Å². The quantitative estimate of drug-likeness (QED) is 0.672. The lowest BCUT2D eigenvalue weighted by Gasteiger charge is -2.13. The molecule has 5 heteroatoms. The van der Waals surface area contributed by atoms with E-state index in [2.05, 4.69) is 36.2 Å². The molecule has 0 atom stereocenters.